The fourth-order valence-electron chi connectivity index (χ4n) is 8.99. The zero-order valence-electron chi connectivity index (χ0n) is 34.1. The first-order valence-electron chi connectivity index (χ1n) is 21.2. The van der Waals surface area contributed by atoms with Crippen molar-refractivity contribution in [3.8, 4) is 73.4 Å². The minimum atomic E-state index is 0.618. The first kappa shape index (κ1) is 36.3. The molecule has 0 radical (unpaired) electrons. The second kappa shape index (κ2) is 15.2. The molecule has 3 aromatic heterocycles. The molecule has 0 aliphatic rings. The maximum absolute atomic E-state index is 5.17. The van der Waals surface area contributed by atoms with Gasteiger partial charge in [-0.1, -0.05) is 182 Å². The molecule has 0 atom stereocenters. The van der Waals surface area contributed by atoms with Crippen molar-refractivity contribution in [2.75, 3.05) is 0 Å². The minimum absolute atomic E-state index is 0.618. The summed E-state index contributed by atoms with van der Waals surface area (Å²) < 4.78 is 2.32. The molecule has 3 heterocycles. The Morgan fingerprint density at radius 1 is 0.302 bits per heavy atom. The molecule has 0 aliphatic carbocycles. The standard InChI is InChI=1S/C58H37N5/c1-4-15-39(16-5-1)50-37-52(40-17-6-2-7-18-40)59-51-34-32-44-35-43(31-33-47(44)55(50)51)38-27-29-42(30-28-38)57-60-56(41-19-8-3-9-20-41)61-58(62-57)45-21-14-22-46(36-45)63-53-25-12-10-23-48(53)49-24-11-13-26-54(49)63/h1-37H. The number of pyridine rings is 1. The van der Waals surface area contributed by atoms with Crippen LogP contribution in [0.1, 0.15) is 0 Å². The maximum atomic E-state index is 5.17. The van der Waals surface area contributed by atoms with Crippen LogP contribution in [0.2, 0.25) is 0 Å². The lowest BCUT2D eigenvalue weighted by Gasteiger charge is -2.14. The van der Waals surface area contributed by atoms with Crippen molar-refractivity contribution in [3.63, 3.8) is 0 Å². The Kier molecular flexibility index (Phi) is 8.75. The number of para-hydroxylation sites is 2. The van der Waals surface area contributed by atoms with E-state index in [1.54, 1.807) is 0 Å². The first-order chi connectivity index (χ1) is 31.2. The highest BCUT2D eigenvalue weighted by Crippen LogP contribution is 2.39. The Morgan fingerprint density at radius 3 is 1.49 bits per heavy atom. The molecule has 12 aromatic rings. The third-order valence-corrected chi connectivity index (χ3v) is 12.0. The monoisotopic (exact) mass is 803 g/mol. The van der Waals surface area contributed by atoms with E-state index < -0.39 is 0 Å². The smallest absolute Gasteiger partial charge is 0.164 e. The van der Waals surface area contributed by atoms with E-state index in [1.807, 2.05) is 36.4 Å². The van der Waals surface area contributed by atoms with Gasteiger partial charge in [-0.2, -0.15) is 0 Å². The molecule has 0 bridgehead atoms. The van der Waals surface area contributed by atoms with E-state index in [1.165, 1.54) is 27.3 Å². The molecule has 5 nitrogen and oxygen atoms in total. The van der Waals surface area contributed by atoms with Gasteiger partial charge in [0.1, 0.15) is 0 Å². The SMILES string of the molecule is c1ccc(-c2cc(-c3ccccc3)c3c(ccc4cc(-c5ccc(-c6nc(-c7ccccc7)nc(-c7cccc(-n8c9ccccc9c9ccccc98)c7)n6)cc5)ccc43)n2)cc1. The Balaban J connectivity index is 0.930. The fraction of sp³-hybridized carbons (Fsp3) is 0. The van der Waals surface area contributed by atoms with E-state index in [9.17, 15) is 0 Å². The lowest BCUT2D eigenvalue weighted by Crippen LogP contribution is -2.01. The molecular formula is C58H37N5. The molecule has 0 fully saturated rings. The molecule has 0 N–H and O–H groups in total. The summed E-state index contributed by atoms with van der Waals surface area (Å²) in [4.78, 5) is 20.4. The molecule has 0 aliphatic heterocycles. The minimum Gasteiger partial charge on any atom is -0.309 e. The van der Waals surface area contributed by atoms with Gasteiger partial charge in [0.2, 0.25) is 0 Å². The normalized spacial score (nSPS) is 11.5. The van der Waals surface area contributed by atoms with Gasteiger partial charge in [-0.3, -0.25) is 0 Å². The number of rotatable bonds is 7. The van der Waals surface area contributed by atoms with Crippen LogP contribution in [-0.4, -0.2) is 24.5 Å². The molecule has 0 saturated heterocycles. The van der Waals surface area contributed by atoms with Gasteiger partial charge in [-0.05, 0) is 75.5 Å². The summed E-state index contributed by atoms with van der Waals surface area (Å²) in [5.74, 6) is 1.87. The molecule has 0 spiro atoms. The average Bonchev–Trinajstić information content (AvgIpc) is 3.71. The third-order valence-electron chi connectivity index (χ3n) is 12.0. The van der Waals surface area contributed by atoms with Crippen molar-refractivity contribution >= 4 is 43.5 Å². The highest BCUT2D eigenvalue weighted by molar-refractivity contribution is 6.14. The lowest BCUT2D eigenvalue weighted by atomic mass is 9.93. The van der Waals surface area contributed by atoms with E-state index >= 15 is 0 Å². The van der Waals surface area contributed by atoms with E-state index in [4.69, 9.17) is 19.9 Å². The van der Waals surface area contributed by atoms with Gasteiger partial charge in [0.05, 0.1) is 22.2 Å². The van der Waals surface area contributed by atoms with Gasteiger partial charge in [0, 0.05) is 44.1 Å². The summed E-state index contributed by atoms with van der Waals surface area (Å²) >= 11 is 0. The van der Waals surface area contributed by atoms with Crippen molar-refractivity contribution in [2.45, 2.75) is 0 Å². The molecule has 5 heteroatoms. The number of aromatic nitrogens is 5. The van der Waals surface area contributed by atoms with E-state index in [-0.39, 0.29) is 0 Å². The Hall–Kier alpha value is -8.54. The van der Waals surface area contributed by atoms with Crippen LogP contribution >= 0.6 is 0 Å². The van der Waals surface area contributed by atoms with Crippen LogP contribution in [0.25, 0.3) is 117 Å². The van der Waals surface area contributed by atoms with Crippen LogP contribution in [-0.2, 0) is 0 Å². The Bertz CT molecular complexity index is 3600. The van der Waals surface area contributed by atoms with Gasteiger partial charge in [-0.25, -0.2) is 19.9 Å². The summed E-state index contributed by atoms with van der Waals surface area (Å²) in [5, 5.41) is 5.93. The van der Waals surface area contributed by atoms with Crippen molar-refractivity contribution < 1.29 is 0 Å². The summed E-state index contributed by atoms with van der Waals surface area (Å²) in [6.07, 6.45) is 0. The predicted molar refractivity (Wildman–Crippen MR) is 260 cm³/mol. The van der Waals surface area contributed by atoms with Crippen LogP contribution in [0.3, 0.4) is 0 Å². The van der Waals surface area contributed by atoms with Crippen molar-refractivity contribution in [3.05, 3.63) is 224 Å². The molecule has 63 heavy (non-hydrogen) atoms. The molecular weight excluding hydrogens is 767 g/mol. The van der Waals surface area contributed by atoms with E-state index in [0.717, 1.165) is 72.1 Å². The van der Waals surface area contributed by atoms with Crippen LogP contribution in [0.15, 0.2) is 224 Å². The number of hydrogen-bond acceptors (Lipinski definition) is 4. The predicted octanol–water partition coefficient (Wildman–Crippen LogP) is 14.7. The van der Waals surface area contributed by atoms with Crippen molar-refractivity contribution in [1.82, 2.24) is 24.5 Å². The Morgan fingerprint density at radius 2 is 0.825 bits per heavy atom. The Labute approximate surface area is 364 Å². The molecule has 0 saturated carbocycles. The summed E-state index contributed by atoms with van der Waals surface area (Å²) in [5.41, 5.74) is 13.7. The van der Waals surface area contributed by atoms with Crippen LogP contribution in [0.4, 0.5) is 0 Å². The van der Waals surface area contributed by atoms with Crippen LogP contribution in [0.5, 0.6) is 0 Å². The topological polar surface area (TPSA) is 56.5 Å². The number of hydrogen-bond donors (Lipinski definition) is 0. The number of benzene rings is 9. The van der Waals surface area contributed by atoms with E-state index in [2.05, 4.69) is 193 Å². The molecule has 0 unspecified atom stereocenters. The number of nitrogens with zero attached hydrogens (tertiary/aromatic N) is 5. The van der Waals surface area contributed by atoms with Gasteiger partial charge in [0.25, 0.3) is 0 Å². The zero-order valence-corrected chi connectivity index (χ0v) is 34.1. The second-order valence-corrected chi connectivity index (χ2v) is 15.9. The molecule has 294 valence electrons. The van der Waals surface area contributed by atoms with Gasteiger partial charge < -0.3 is 4.57 Å². The van der Waals surface area contributed by atoms with Crippen molar-refractivity contribution in [1.29, 1.82) is 0 Å². The average molecular weight is 804 g/mol. The third kappa shape index (κ3) is 6.51. The fourth-order valence-corrected chi connectivity index (χ4v) is 8.99. The molecule has 12 rings (SSSR count). The van der Waals surface area contributed by atoms with Gasteiger partial charge in [0.15, 0.2) is 17.5 Å². The maximum Gasteiger partial charge on any atom is 0.164 e. The second-order valence-electron chi connectivity index (χ2n) is 15.9. The summed E-state index contributed by atoms with van der Waals surface area (Å²) in [6, 6.07) is 78.7. The number of fused-ring (bicyclic) bond motifs is 6. The molecule has 0 amide bonds. The summed E-state index contributed by atoms with van der Waals surface area (Å²) in [6.45, 7) is 0. The summed E-state index contributed by atoms with van der Waals surface area (Å²) in [7, 11) is 0. The van der Waals surface area contributed by atoms with Gasteiger partial charge >= 0.3 is 0 Å². The first-order valence-corrected chi connectivity index (χ1v) is 21.2. The highest BCUT2D eigenvalue weighted by atomic mass is 15.0. The van der Waals surface area contributed by atoms with Gasteiger partial charge in [-0.15, -0.1) is 0 Å². The highest BCUT2D eigenvalue weighted by Gasteiger charge is 2.17. The van der Waals surface area contributed by atoms with Crippen molar-refractivity contribution in [2.24, 2.45) is 0 Å². The zero-order chi connectivity index (χ0) is 41.7. The largest absolute Gasteiger partial charge is 0.309 e. The van der Waals surface area contributed by atoms with Crippen LogP contribution < -0.4 is 0 Å². The van der Waals surface area contributed by atoms with Crippen LogP contribution in [0, 0.1) is 0 Å². The lowest BCUT2D eigenvalue weighted by molar-refractivity contribution is 1.07. The molecule has 9 aromatic carbocycles. The quantitative estimate of drug-likeness (QED) is 0.151. The van der Waals surface area contributed by atoms with E-state index in [0.29, 0.717) is 17.5 Å².